The molecule has 5 heteroatoms. The summed E-state index contributed by atoms with van der Waals surface area (Å²) in [7, 11) is 0. The molecule has 1 aromatic carbocycles. The maximum atomic E-state index is 8.12. The normalized spacial score (nSPS) is 17.8. The Hall–Kier alpha value is -1.35. The van der Waals surface area contributed by atoms with Gasteiger partial charge in [-0.1, -0.05) is 23.7 Å². The van der Waals surface area contributed by atoms with Gasteiger partial charge in [-0.25, -0.2) is 0 Å². The van der Waals surface area contributed by atoms with E-state index >= 15 is 0 Å². The van der Waals surface area contributed by atoms with Crippen LogP contribution in [-0.4, -0.2) is 25.5 Å². The van der Waals surface area contributed by atoms with E-state index in [1.54, 1.807) is 0 Å². The van der Waals surface area contributed by atoms with E-state index in [0.29, 0.717) is 11.6 Å². The standard InChI is InChI=1S/C11H13ClO2.CO2/c12-10-5-1-2-6-11(10)14-8-9-4-3-7-13-9;2-1-3/h1-2,5-6,9H,3-4,7-8H2;. The smallest absolute Gasteiger partial charge is 0.373 e. The van der Waals surface area contributed by atoms with Crippen molar-refractivity contribution in [3.8, 4) is 5.75 Å². The van der Waals surface area contributed by atoms with Gasteiger partial charge in [-0.3, -0.25) is 0 Å². The largest absolute Gasteiger partial charge is 0.489 e. The highest BCUT2D eigenvalue weighted by atomic mass is 35.5. The predicted octanol–water partition coefficient (Wildman–Crippen LogP) is 2.31. The lowest BCUT2D eigenvalue weighted by Crippen LogP contribution is -2.16. The summed E-state index contributed by atoms with van der Waals surface area (Å²) >= 11 is 5.94. The van der Waals surface area contributed by atoms with Crippen LogP contribution in [-0.2, 0) is 14.3 Å². The summed E-state index contributed by atoms with van der Waals surface area (Å²) in [5, 5.41) is 0.658. The summed E-state index contributed by atoms with van der Waals surface area (Å²) in [5.74, 6) is 0.740. The lowest BCUT2D eigenvalue weighted by atomic mass is 10.2. The minimum atomic E-state index is 0.242. The van der Waals surface area contributed by atoms with Crippen LogP contribution in [0, 0.1) is 0 Å². The van der Waals surface area contributed by atoms with Gasteiger partial charge in [0.05, 0.1) is 11.1 Å². The number of halogens is 1. The van der Waals surface area contributed by atoms with E-state index in [1.807, 2.05) is 24.3 Å². The number of para-hydroxylation sites is 1. The number of rotatable bonds is 3. The van der Waals surface area contributed by atoms with Crippen molar-refractivity contribution in [2.75, 3.05) is 13.2 Å². The molecule has 0 spiro atoms. The first-order chi connectivity index (χ1) is 8.27. The molecule has 0 amide bonds. The molecule has 4 nitrogen and oxygen atoms in total. The molecule has 1 aliphatic rings. The van der Waals surface area contributed by atoms with Gasteiger partial charge in [0.2, 0.25) is 0 Å². The van der Waals surface area contributed by atoms with Crippen molar-refractivity contribution in [3.05, 3.63) is 29.3 Å². The van der Waals surface area contributed by atoms with Crippen LogP contribution in [0.5, 0.6) is 5.75 Å². The van der Waals surface area contributed by atoms with Crippen LogP contribution in [0.25, 0.3) is 0 Å². The van der Waals surface area contributed by atoms with E-state index in [2.05, 4.69) is 0 Å². The summed E-state index contributed by atoms with van der Waals surface area (Å²) in [6.45, 7) is 1.46. The SMILES string of the molecule is Clc1ccccc1OCC1CCCO1.O=C=O. The molecule has 1 aromatic rings. The van der Waals surface area contributed by atoms with Crippen molar-refractivity contribution in [3.63, 3.8) is 0 Å². The summed E-state index contributed by atoms with van der Waals surface area (Å²) in [5.41, 5.74) is 0. The van der Waals surface area contributed by atoms with E-state index in [4.69, 9.17) is 30.7 Å². The van der Waals surface area contributed by atoms with E-state index in [-0.39, 0.29) is 12.3 Å². The molecule has 1 saturated heterocycles. The molecule has 0 aromatic heterocycles. The van der Waals surface area contributed by atoms with E-state index < -0.39 is 0 Å². The monoisotopic (exact) mass is 256 g/mol. The highest BCUT2D eigenvalue weighted by Crippen LogP contribution is 2.24. The molecule has 1 fully saturated rings. The van der Waals surface area contributed by atoms with Crippen molar-refractivity contribution in [1.82, 2.24) is 0 Å². The highest BCUT2D eigenvalue weighted by Gasteiger charge is 2.16. The molecular weight excluding hydrogens is 244 g/mol. The van der Waals surface area contributed by atoms with Gasteiger partial charge < -0.3 is 9.47 Å². The van der Waals surface area contributed by atoms with Gasteiger partial charge in [-0.2, -0.15) is 9.59 Å². The average molecular weight is 257 g/mol. The van der Waals surface area contributed by atoms with Crippen LogP contribution in [0.15, 0.2) is 24.3 Å². The third kappa shape index (κ3) is 5.00. The van der Waals surface area contributed by atoms with Crippen LogP contribution in [0.4, 0.5) is 0 Å². The van der Waals surface area contributed by atoms with E-state index in [9.17, 15) is 0 Å². The Morgan fingerprint density at radius 1 is 1.41 bits per heavy atom. The molecule has 1 unspecified atom stereocenters. The van der Waals surface area contributed by atoms with Crippen LogP contribution in [0.2, 0.25) is 5.02 Å². The van der Waals surface area contributed by atoms with Gasteiger partial charge in [0.1, 0.15) is 12.4 Å². The molecular formula is C12H13ClO4. The summed E-state index contributed by atoms with van der Waals surface area (Å²) in [4.78, 5) is 16.2. The van der Waals surface area contributed by atoms with Gasteiger partial charge >= 0.3 is 6.15 Å². The minimum absolute atomic E-state index is 0.242. The van der Waals surface area contributed by atoms with Crippen molar-refractivity contribution >= 4 is 17.8 Å². The number of benzene rings is 1. The molecule has 0 saturated carbocycles. The summed E-state index contributed by atoms with van der Waals surface area (Å²) in [6.07, 6.45) is 2.72. The number of hydrogen-bond acceptors (Lipinski definition) is 4. The Kier molecular flexibility index (Phi) is 6.33. The highest BCUT2D eigenvalue weighted by molar-refractivity contribution is 6.32. The first kappa shape index (κ1) is 13.7. The molecule has 1 heterocycles. The van der Waals surface area contributed by atoms with Crippen LogP contribution in [0.3, 0.4) is 0 Å². The van der Waals surface area contributed by atoms with E-state index in [1.165, 1.54) is 0 Å². The second-order valence-electron chi connectivity index (χ2n) is 3.46. The average Bonchev–Trinajstić information content (AvgIpc) is 2.82. The fourth-order valence-corrected chi connectivity index (χ4v) is 1.71. The minimum Gasteiger partial charge on any atom is -0.489 e. The van der Waals surface area contributed by atoms with Gasteiger partial charge in [0.25, 0.3) is 0 Å². The topological polar surface area (TPSA) is 52.6 Å². The van der Waals surface area contributed by atoms with E-state index in [0.717, 1.165) is 25.2 Å². The first-order valence-corrected chi connectivity index (χ1v) is 5.64. The Bertz CT molecular complexity index is 369. The second-order valence-corrected chi connectivity index (χ2v) is 3.87. The number of carbonyl (C=O) groups excluding carboxylic acids is 2. The molecule has 0 aliphatic carbocycles. The predicted molar refractivity (Wildman–Crippen MR) is 60.9 cm³/mol. The molecule has 0 radical (unpaired) electrons. The van der Waals surface area contributed by atoms with Crippen molar-refractivity contribution in [1.29, 1.82) is 0 Å². The molecule has 2 rings (SSSR count). The van der Waals surface area contributed by atoms with Crippen molar-refractivity contribution < 1.29 is 19.1 Å². The Morgan fingerprint density at radius 2 is 2.12 bits per heavy atom. The maximum absolute atomic E-state index is 8.12. The van der Waals surface area contributed by atoms with Gasteiger partial charge in [0, 0.05) is 6.61 Å². The zero-order valence-corrected chi connectivity index (χ0v) is 9.98. The summed E-state index contributed by atoms with van der Waals surface area (Å²) in [6, 6.07) is 7.50. The molecule has 92 valence electrons. The fourth-order valence-electron chi connectivity index (χ4n) is 1.52. The zero-order chi connectivity index (χ0) is 12.5. The molecule has 1 atom stereocenters. The number of hydrogen-bond donors (Lipinski definition) is 0. The Morgan fingerprint density at radius 3 is 2.71 bits per heavy atom. The third-order valence-electron chi connectivity index (χ3n) is 2.29. The van der Waals surface area contributed by atoms with Crippen molar-refractivity contribution in [2.45, 2.75) is 18.9 Å². The first-order valence-electron chi connectivity index (χ1n) is 5.26. The third-order valence-corrected chi connectivity index (χ3v) is 2.60. The van der Waals surface area contributed by atoms with Gasteiger partial charge in [-0.05, 0) is 25.0 Å². The van der Waals surface area contributed by atoms with Gasteiger partial charge in [-0.15, -0.1) is 0 Å². The van der Waals surface area contributed by atoms with Crippen LogP contribution < -0.4 is 4.74 Å². The molecule has 0 N–H and O–H groups in total. The quantitative estimate of drug-likeness (QED) is 0.833. The lowest BCUT2D eigenvalue weighted by molar-refractivity contribution is -0.191. The van der Waals surface area contributed by atoms with Crippen LogP contribution in [0.1, 0.15) is 12.8 Å². The maximum Gasteiger partial charge on any atom is 0.373 e. The second kappa shape index (κ2) is 7.85. The molecule has 0 bridgehead atoms. The van der Waals surface area contributed by atoms with Crippen LogP contribution >= 0.6 is 11.6 Å². The molecule has 1 aliphatic heterocycles. The van der Waals surface area contributed by atoms with Crippen molar-refractivity contribution in [2.24, 2.45) is 0 Å². The summed E-state index contributed by atoms with van der Waals surface area (Å²) < 4.78 is 11.0. The Balaban J connectivity index is 0.000000437. The number of ether oxygens (including phenoxy) is 2. The zero-order valence-electron chi connectivity index (χ0n) is 9.23. The molecule has 17 heavy (non-hydrogen) atoms. The fraction of sp³-hybridized carbons (Fsp3) is 0.417. The lowest BCUT2D eigenvalue weighted by Gasteiger charge is -2.11. The Labute approximate surface area is 104 Å². The van der Waals surface area contributed by atoms with Gasteiger partial charge in [0.15, 0.2) is 0 Å².